The fourth-order valence-electron chi connectivity index (χ4n) is 0.876. The summed E-state index contributed by atoms with van der Waals surface area (Å²) in [5.74, 6) is 6.63. The maximum absolute atomic E-state index is 12.3. The summed E-state index contributed by atoms with van der Waals surface area (Å²) in [5.41, 5.74) is -1.28. The lowest BCUT2D eigenvalue weighted by molar-refractivity contribution is -0.138. The smallest absolute Gasteiger partial charge is 0.417 e. The predicted molar refractivity (Wildman–Crippen MR) is 59.5 cm³/mol. The first-order chi connectivity index (χ1) is 7.32. The van der Waals surface area contributed by atoms with E-state index in [1.807, 2.05) is 0 Å². The lowest BCUT2D eigenvalue weighted by atomic mass is 10.1. The van der Waals surface area contributed by atoms with Gasteiger partial charge in [0.1, 0.15) is 0 Å². The van der Waals surface area contributed by atoms with E-state index in [-0.39, 0.29) is 9.13 Å². The Morgan fingerprint density at radius 1 is 1.31 bits per heavy atom. The molecule has 0 heterocycles. The van der Waals surface area contributed by atoms with E-state index in [1.165, 1.54) is 22.6 Å². The minimum absolute atomic E-state index is 0.0138. The fourth-order valence-corrected chi connectivity index (χ4v) is 1.52. The van der Waals surface area contributed by atoms with Crippen molar-refractivity contribution < 1.29 is 23.1 Å². The highest BCUT2D eigenvalue weighted by Gasteiger charge is 2.33. The standard InChI is InChI=1S/C8H4F3IO2.H4N2/c9-8(10,11)5-3-4(7(13)14)1-2-6(5)12;1-2/h1-3H,(H,13,14);1-2H2. The molecule has 5 N–H and O–H groups in total. The Kier molecular flexibility index (Phi) is 5.68. The van der Waals surface area contributed by atoms with Crippen LogP contribution in [0.1, 0.15) is 15.9 Å². The minimum atomic E-state index is -4.51. The summed E-state index contributed by atoms with van der Waals surface area (Å²) in [6.45, 7) is 0. The third-order valence-corrected chi connectivity index (χ3v) is 2.46. The van der Waals surface area contributed by atoms with Gasteiger partial charge < -0.3 is 5.11 Å². The van der Waals surface area contributed by atoms with E-state index in [0.29, 0.717) is 6.07 Å². The lowest BCUT2D eigenvalue weighted by Gasteiger charge is -2.09. The normalized spacial score (nSPS) is 10.4. The largest absolute Gasteiger partial charge is 0.478 e. The van der Waals surface area contributed by atoms with E-state index >= 15 is 0 Å². The number of halogens is 4. The van der Waals surface area contributed by atoms with Crippen LogP contribution in [0.2, 0.25) is 0 Å². The summed E-state index contributed by atoms with van der Waals surface area (Å²) in [4.78, 5) is 10.4. The summed E-state index contributed by atoms with van der Waals surface area (Å²) < 4.78 is 36.9. The number of hydrazine groups is 1. The van der Waals surface area contributed by atoms with Gasteiger partial charge in [-0.25, -0.2) is 4.79 Å². The molecular weight excluding hydrogens is 340 g/mol. The molecule has 4 nitrogen and oxygen atoms in total. The number of benzene rings is 1. The van der Waals surface area contributed by atoms with Crippen LogP contribution in [0.5, 0.6) is 0 Å². The third kappa shape index (κ3) is 3.94. The van der Waals surface area contributed by atoms with Crippen molar-refractivity contribution in [3.05, 3.63) is 32.9 Å². The van der Waals surface area contributed by atoms with Crippen LogP contribution in [0.4, 0.5) is 13.2 Å². The van der Waals surface area contributed by atoms with Gasteiger partial charge in [0.05, 0.1) is 11.1 Å². The van der Waals surface area contributed by atoms with Gasteiger partial charge in [0.25, 0.3) is 0 Å². The molecule has 0 atom stereocenters. The second-order valence-electron chi connectivity index (χ2n) is 2.50. The Morgan fingerprint density at radius 3 is 2.19 bits per heavy atom. The molecule has 0 fully saturated rings. The van der Waals surface area contributed by atoms with Gasteiger partial charge >= 0.3 is 12.1 Å². The van der Waals surface area contributed by atoms with Crippen LogP contribution in [0.15, 0.2) is 18.2 Å². The molecule has 8 heteroatoms. The second-order valence-corrected chi connectivity index (χ2v) is 3.66. The number of hydrogen-bond donors (Lipinski definition) is 3. The van der Waals surface area contributed by atoms with Gasteiger partial charge in [-0.05, 0) is 40.8 Å². The minimum Gasteiger partial charge on any atom is -0.478 e. The Morgan fingerprint density at radius 2 is 1.81 bits per heavy atom. The number of carboxylic acids is 1. The topological polar surface area (TPSA) is 89.3 Å². The van der Waals surface area contributed by atoms with Crippen molar-refractivity contribution in [2.24, 2.45) is 11.7 Å². The Balaban J connectivity index is 0.00000106. The van der Waals surface area contributed by atoms with Crippen molar-refractivity contribution in [3.63, 3.8) is 0 Å². The van der Waals surface area contributed by atoms with Crippen LogP contribution in [0.3, 0.4) is 0 Å². The maximum atomic E-state index is 12.3. The molecule has 0 aliphatic carbocycles. The van der Waals surface area contributed by atoms with E-state index in [0.717, 1.165) is 12.1 Å². The molecule has 0 spiro atoms. The molecule has 1 aromatic carbocycles. The Bertz CT molecular complexity index is 382. The molecule has 0 saturated heterocycles. The molecule has 16 heavy (non-hydrogen) atoms. The molecule has 0 aliphatic rings. The first-order valence-electron chi connectivity index (χ1n) is 3.76. The zero-order valence-corrected chi connectivity index (χ0v) is 9.91. The summed E-state index contributed by atoms with van der Waals surface area (Å²) in [6.07, 6.45) is -4.51. The van der Waals surface area contributed by atoms with E-state index in [9.17, 15) is 18.0 Å². The SMILES string of the molecule is NN.O=C(O)c1ccc(I)c(C(F)(F)F)c1. The quantitative estimate of drug-likeness (QED) is 0.410. The maximum Gasteiger partial charge on any atom is 0.417 e. The molecule has 0 radical (unpaired) electrons. The van der Waals surface area contributed by atoms with Crippen LogP contribution in [0.25, 0.3) is 0 Å². The van der Waals surface area contributed by atoms with Crippen molar-refractivity contribution in [1.29, 1.82) is 0 Å². The van der Waals surface area contributed by atoms with Crippen LogP contribution in [-0.2, 0) is 6.18 Å². The average molecular weight is 348 g/mol. The summed E-state index contributed by atoms with van der Waals surface area (Å²) in [7, 11) is 0. The number of rotatable bonds is 1. The lowest BCUT2D eigenvalue weighted by Crippen LogP contribution is -2.09. The zero-order valence-electron chi connectivity index (χ0n) is 7.75. The van der Waals surface area contributed by atoms with Gasteiger partial charge in [0, 0.05) is 3.57 Å². The number of hydrogen-bond acceptors (Lipinski definition) is 3. The molecular formula is C8H8F3IN2O2. The van der Waals surface area contributed by atoms with E-state index in [4.69, 9.17) is 5.11 Å². The first kappa shape index (κ1) is 15.1. The van der Waals surface area contributed by atoms with Crippen molar-refractivity contribution >= 4 is 28.6 Å². The molecule has 1 aromatic rings. The van der Waals surface area contributed by atoms with Crippen molar-refractivity contribution in [3.8, 4) is 0 Å². The highest BCUT2D eigenvalue weighted by Crippen LogP contribution is 2.33. The summed E-state index contributed by atoms with van der Waals surface area (Å²) in [5, 5.41) is 8.50. The second kappa shape index (κ2) is 6.01. The number of carbonyl (C=O) groups is 1. The van der Waals surface area contributed by atoms with Gasteiger partial charge in [-0.15, -0.1) is 0 Å². The molecule has 90 valence electrons. The highest BCUT2D eigenvalue weighted by molar-refractivity contribution is 14.1. The van der Waals surface area contributed by atoms with E-state index in [2.05, 4.69) is 11.7 Å². The highest BCUT2D eigenvalue weighted by atomic mass is 127. The number of alkyl halides is 3. The third-order valence-electron chi connectivity index (χ3n) is 1.52. The van der Waals surface area contributed by atoms with Crippen LogP contribution in [-0.4, -0.2) is 11.1 Å². The molecule has 0 amide bonds. The van der Waals surface area contributed by atoms with Crippen molar-refractivity contribution in [2.75, 3.05) is 0 Å². The first-order valence-corrected chi connectivity index (χ1v) is 4.83. The molecule has 0 saturated carbocycles. The van der Waals surface area contributed by atoms with Gasteiger partial charge in [-0.2, -0.15) is 13.2 Å². The fraction of sp³-hybridized carbons (Fsp3) is 0.125. The number of aromatic carboxylic acids is 1. The van der Waals surface area contributed by atoms with Gasteiger partial charge in [0.2, 0.25) is 0 Å². The van der Waals surface area contributed by atoms with E-state index < -0.39 is 17.7 Å². The molecule has 1 rings (SSSR count). The summed E-state index contributed by atoms with van der Waals surface area (Å²) in [6, 6.07) is 2.90. The van der Waals surface area contributed by atoms with Gasteiger partial charge in [-0.1, -0.05) is 0 Å². The molecule has 0 unspecified atom stereocenters. The Hall–Kier alpha value is -0.870. The van der Waals surface area contributed by atoms with Crippen LogP contribution < -0.4 is 11.7 Å². The van der Waals surface area contributed by atoms with E-state index in [1.54, 1.807) is 0 Å². The monoisotopic (exact) mass is 348 g/mol. The Labute approximate surface area is 103 Å². The van der Waals surface area contributed by atoms with Crippen LogP contribution >= 0.6 is 22.6 Å². The zero-order chi connectivity index (χ0) is 12.9. The number of carboxylic acid groups (broad SMARTS) is 1. The van der Waals surface area contributed by atoms with Crippen molar-refractivity contribution in [2.45, 2.75) is 6.18 Å². The summed E-state index contributed by atoms with van der Waals surface area (Å²) >= 11 is 1.51. The van der Waals surface area contributed by atoms with Gasteiger partial charge in [-0.3, -0.25) is 11.7 Å². The number of nitrogens with two attached hydrogens (primary N) is 2. The predicted octanol–water partition coefficient (Wildman–Crippen LogP) is 1.83. The van der Waals surface area contributed by atoms with Crippen molar-refractivity contribution in [1.82, 2.24) is 0 Å². The van der Waals surface area contributed by atoms with Crippen LogP contribution in [0, 0.1) is 3.57 Å². The molecule has 0 bridgehead atoms. The average Bonchev–Trinajstić information content (AvgIpc) is 2.19. The molecule has 0 aromatic heterocycles. The molecule has 0 aliphatic heterocycles. The van der Waals surface area contributed by atoms with Gasteiger partial charge in [0.15, 0.2) is 0 Å².